The summed E-state index contributed by atoms with van der Waals surface area (Å²) in [5.74, 6) is -1.51. The van der Waals surface area contributed by atoms with Crippen molar-refractivity contribution < 1.29 is 42.6 Å². The largest absolute Gasteiger partial charge is 0.469 e. The molecule has 0 saturated heterocycles. The topological polar surface area (TPSA) is 172 Å². The molecule has 5 heterocycles. The molecule has 2 N–H and O–H groups in total. The third-order valence-corrected chi connectivity index (χ3v) is 11.5. The third-order valence-electron chi connectivity index (χ3n) is 10.5. The molecule has 3 aromatic rings. The van der Waals surface area contributed by atoms with Gasteiger partial charge >= 0.3 is 23.9 Å². The molecule has 0 aromatic carbocycles. The maximum atomic E-state index is 13.0. The number of H-pyrrole nitrogens is 2. The van der Waals surface area contributed by atoms with Crippen molar-refractivity contribution in [3.63, 3.8) is 0 Å². The lowest BCUT2D eigenvalue weighted by Gasteiger charge is -2.24. The number of rotatable bonds is 14. The lowest BCUT2D eigenvalue weighted by atomic mass is 9.98. The number of hydrogen-bond acceptors (Lipinski definition) is 11. The fraction of sp³-hybridized carbons (Fsp3) is 0.442. The van der Waals surface area contributed by atoms with Gasteiger partial charge in [0.15, 0.2) is 8.32 Å². The van der Waals surface area contributed by atoms with Crippen LogP contribution in [0.2, 0.25) is 19.6 Å². The molecule has 0 saturated carbocycles. The van der Waals surface area contributed by atoms with E-state index in [9.17, 15) is 19.2 Å². The molecule has 0 aliphatic carbocycles. The minimum Gasteiger partial charge on any atom is -0.469 e. The van der Waals surface area contributed by atoms with Crippen LogP contribution >= 0.6 is 0 Å². The number of aromatic nitrogens is 4. The highest BCUT2D eigenvalue weighted by Crippen LogP contribution is 2.39. The van der Waals surface area contributed by atoms with Gasteiger partial charge in [0.1, 0.15) is 0 Å². The molecule has 3 aromatic heterocycles. The molecule has 5 rings (SSSR count). The number of ether oxygens (including phenoxy) is 4. The number of nitrogens with zero attached hydrogens (tertiary/aromatic N) is 2. The SMILES string of the molecule is COC(=O)CCC1=C(C)c2cc3[nH]c(cc4[nH]c(cc5nc(cc1n2)C(CCC(=O)OC)=C5C)c(CCC(=O)OC)c4CC(=O)OC)c(C(C)O[Si](C)(C)C)c3C. The highest BCUT2D eigenvalue weighted by Gasteiger charge is 2.26. The fourth-order valence-electron chi connectivity index (χ4n) is 7.54. The zero-order valence-corrected chi connectivity index (χ0v) is 35.9. The molecule has 2 aliphatic heterocycles. The van der Waals surface area contributed by atoms with E-state index in [1.165, 1.54) is 28.4 Å². The Balaban J connectivity index is 1.96. The molecule has 2 aliphatic rings. The second-order valence-electron chi connectivity index (χ2n) is 15.3. The zero-order chi connectivity index (χ0) is 41.8. The second-order valence-corrected chi connectivity index (χ2v) is 19.8. The first-order valence-electron chi connectivity index (χ1n) is 19.1. The number of methoxy groups -OCH3 is 4. The Bertz CT molecular complexity index is 2330. The van der Waals surface area contributed by atoms with E-state index in [0.717, 1.165) is 55.7 Å². The highest BCUT2D eigenvalue weighted by atomic mass is 28.4. The van der Waals surface area contributed by atoms with Gasteiger partial charge in [-0.2, -0.15) is 0 Å². The van der Waals surface area contributed by atoms with Gasteiger partial charge < -0.3 is 33.3 Å². The van der Waals surface area contributed by atoms with Gasteiger partial charge in [-0.05, 0) is 130 Å². The fourth-order valence-corrected chi connectivity index (χ4v) is 8.72. The zero-order valence-electron chi connectivity index (χ0n) is 34.9. The summed E-state index contributed by atoms with van der Waals surface area (Å²) in [6.45, 7) is 14.5. The Hall–Kier alpha value is -5.34. The first kappa shape index (κ1) is 42.8. The number of aromatic amines is 2. The number of carbonyl (C=O) groups is 4. The van der Waals surface area contributed by atoms with Crippen molar-refractivity contribution in [2.75, 3.05) is 28.4 Å². The number of esters is 4. The van der Waals surface area contributed by atoms with Gasteiger partial charge in [0.05, 0.1) is 63.7 Å². The van der Waals surface area contributed by atoms with E-state index >= 15 is 0 Å². The second kappa shape index (κ2) is 17.8. The van der Waals surface area contributed by atoms with Gasteiger partial charge in [-0.15, -0.1) is 0 Å². The van der Waals surface area contributed by atoms with E-state index < -0.39 is 14.3 Å². The molecule has 0 radical (unpaired) electrons. The summed E-state index contributed by atoms with van der Waals surface area (Å²) < 4.78 is 26.8. The summed E-state index contributed by atoms with van der Waals surface area (Å²) in [4.78, 5) is 67.8. The van der Waals surface area contributed by atoms with Crippen molar-refractivity contribution >= 4 is 76.6 Å². The van der Waals surface area contributed by atoms with E-state index in [2.05, 4.69) is 29.6 Å². The number of fused-ring (bicyclic) bond motifs is 8. The van der Waals surface area contributed by atoms with E-state index in [1.54, 1.807) is 0 Å². The quantitative estimate of drug-likeness (QED) is 0.0917. The molecule has 0 spiro atoms. The smallest absolute Gasteiger partial charge is 0.310 e. The Morgan fingerprint density at radius 3 is 1.54 bits per heavy atom. The third kappa shape index (κ3) is 9.79. The Morgan fingerprint density at radius 2 is 1.05 bits per heavy atom. The van der Waals surface area contributed by atoms with E-state index in [4.69, 9.17) is 33.3 Å². The normalized spacial score (nSPS) is 13.5. The summed E-state index contributed by atoms with van der Waals surface area (Å²) in [6.07, 6.45) is 1.07. The lowest BCUT2D eigenvalue weighted by molar-refractivity contribution is -0.141. The molecule has 1 unspecified atom stereocenters. The van der Waals surface area contributed by atoms with Crippen molar-refractivity contribution in [2.45, 2.75) is 98.4 Å². The first-order chi connectivity index (χ1) is 27.0. The highest BCUT2D eigenvalue weighted by molar-refractivity contribution is 6.69. The molecule has 0 fully saturated rings. The molecule has 13 nitrogen and oxygen atoms in total. The Kier molecular flexibility index (Phi) is 13.4. The summed E-state index contributed by atoms with van der Waals surface area (Å²) in [7, 11) is 3.42. The maximum Gasteiger partial charge on any atom is 0.310 e. The van der Waals surface area contributed by atoms with Gasteiger partial charge in [0.2, 0.25) is 0 Å². The van der Waals surface area contributed by atoms with Crippen LogP contribution < -0.4 is 0 Å². The van der Waals surface area contributed by atoms with Crippen molar-refractivity contribution in [2.24, 2.45) is 0 Å². The summed E-state index contributed by atoms with van der Waals surface area (Å²) >= 11 is 0. The Morgan fingerprint density at radius 1 is 0.596 bits per heavy atom. The predicted octanol–water partition coefficient (Wildman–Crippen LogP) is 8.12. The van der Waals surface area contributed by atoms with Crippen molar-refractivity contribution in [1.29, 1.82) is 0 Å². The minimum absolute atomic E-state index is 0.0531. The van der Waals surface area contributed by atoms with Crippen molar-refractivity contribution in [3.8, 4) is 0 Å². The summed E-state index contributed by atoms with van der Waals surface area (Å²) in [5, 5.41) is 0. The summed E-state index contributed by atoms with van der Waals surface area (Å²) in [5.41, 5.74) is 12.4. The molecule has 0 amide bonds. The van der Waals surface area contributed by atoms with E-state index in [-0.39, 0.29) is 56.1 Å². The van der Waals surface area contributed by atoms with Crippen LogP contribution in [0.3, 0.4) is 0 Å². The van der Waals surface area contributed by atoms with E-state index in [1.807, 2.05) is 52.0 Å². The van der Waals surface area contributed by atoms with E-state index in [0.29, 0.717) is 46.5 Å². The minimum atomic E-state index is -2.01. The van der Waals surface area contributed by atoms with Gasteiger partial charge in [-0.25, -0.2) is 9.97 Å². The molecular formula is C43H54N4O9Si. The maximum absolute atomic E-state index is 13.0. The van der Waals surface area contributed by atoms with Gasteiger partial charge in [0, 0.05) is 46.9 Å². The van der Waals surface area contributed by atoms with Crippen LogP contribution in [-0.4, -0.2) is 80.6 Å². The first-order valence-corrected chi connectivity index (χ1v) is 22.5. The van der Waals surface area contributed by atoms with Crippen molar-refractivity contribution in [1.82, 2.24) is 19.9 Å². The van der Waals surface area contributed by atoms with Gasteiger partial charge in [-0.1, -0.05) is 0 Å². The molecule has 57 heavy (non-hydrogen) atoms. The summed E-state index contributed by atoms with van der Waals surface area (Å²) in [6, 6.07) is 7.82. The van der Waals surface area contributed by atoms with Crippen LogP contribution in [-0.2, 0) is 55.4 Å². The number of allylic oxidation sites excluding steroid dienone is 4. The standard InChI is InChI=1S/C43H54N4O9Si/c1-23-27(12-15-39(48)52-5)34-21-35-28(13-16-40(49)53-6)24(2)32(45-35)20-36-29(14-17-41(50)54-7)30(18-42(51)55-8)37(47-36)22-38-43(26(4)56-57(9,10)11)25(3)33(46-38)19-31(23)44-34/h19-22,26,46-47H,12-18H2,1-11H3. The van der Waals surface area contributed by atoms with Crippen LogP contribution in [0.4, 0.5) is 0 Å². The van der Waals surface area contributed by atoms with Crippen molar-refractivity contribution in [3.05, 3.63) is 69.3 Å². The van der Waals surface area contributed by atoms with Crippen LogP contribution in [0.25, 0.3) is 44.4 Å². The van der Waals surface area contributed by atoms with Gasteiger partial charge in [-0.3, -0.25) is 19.2 Å². The average Bonchev–Trinajstić information content (AvgIpc) is 3.84. The molecule has 8 bridgehead atoms. The monoisotopic (exact) mass is 798 g/mol. The molecular weight excluding hydrogens is 745 g/mol. The van der Waals surface area contributed by atoms with Crippen LogP contribution in [0.1, 0.15) is 104 Å². The average molecular weight is 799 g/mol. The van der Waals surface area contributed by atoms with Gasteiger partial charge in [0.25, 0.3) is 0 Å². The number of nitrogens with one attached hydrogen (secondary N) is 2. The number of aryl methyl sites for hydroxylation is 2. The predicted molar refractivity (Wildman–Crippen MR) is 222 cm³/mol. The molecule has 14 heteroatoms. The number of hydrogen-bond donors (Lipinski definition) is 2. The van der Waals surface area contributed by atoms with Crippen LogP contribution in [0, 0.1) is 6.92 Å². The van der Waals surface area contributed by atoms with Crippen LogP contribution in [0.5, 0.6) is 0 Å². The lowest BCUT2D eigenvalue weighted by Crippen LogP contribution is -2.27. The molecule has 1 atom stereocenters. The Labute approximate surface area is 334 Å². The number of carbonyl (C=O) groups excluding carboxylic acids is 4. The van der Waals surface area contributed by atoms with Crippen LogP contribution in [0.15, 0.2) is 24.3 Å². The molecule has 304 valence electrons.